The molecule has 0 radical (unpaired) electrons. The van der Waals surface area contributed by atoms with Crippen LogP contribution in [-0.4, -0.2) is 43.8 Å². The Balaban J connectivity index is 1.72. The molecule has 1 aliphatic rings. The maximum Gasteiger partial charge on any atom is 0.264 e. The molecule has 7 nitrogen and oxygen atoms in total. The minimum absolute atomic E-state index is 0.0249. The van der Waals surface area contributed by atoms with E-state index < -0.39 is 28.5 Å². The third-order valence-electron chi connectivity index (χ3n) is 7.56. The Hall–Kier alpha value is -2.78. The van der Waals surface area contributed by atoms with E-state index in [1.807, 2.05) is 6.92 Å². The zero-order valence-electron chi connectivity index (χ0n) is 23.7. The van der Waals surface area contributed by atoms with Crippen molar-refractivity contribution >= 4 is 62.3 Å². The van der Waals surface area contributed by atoms with Crippen LogP contribution in [0.3, 0.4) is 0 Å². The molecule has 4 rings (SSSR count). The fourth-order valence-electron chi connectivity index (χ4n) is 4.91. The van der Waals surface area contributed by atoms with Crippen LogP contribution in [0.5, 0.6) is 0 Å². The van der Waals surface area contributed by atoms with Crippen molar-refractivity contribution in [3.8, 4) is 0 Å². The Morgan fingerprint density at radius 1 is 0.929 bits per heavy atom. The van der Waals surface area contributed by atoms with Crippen molar-refractivity contribution in [1.82, 2.24) is 10.2 Å². The molecule has 0 aromatic heterocycles. The van der Waals surface area contributed by atoms with Crippen LogP contribution in [0.4, 0.5) is 5.69 Å². The van der Waals surface area contributed by atoms with Crippen LogP contribution in [0, 0.1) is 13.8 Å². The van der Waals surface area contributed by atoms with Crippen LogP contribution in [0.15, 0.2) is 65.6 Å². The Morgan fingerprint density at radius 3 is 2.21 bits per heavy atom. The van der Waals surface area contributed by atoms with Crippen LogP contribution in [0.2, 0.25) is 15.1 Å². The number of benzene rings is 3. The number of aryl methyl sites for hydroxylation is 2. The topological polar surface area (TPSA) is 86.8 Å². The molecule has 1 atom stereocenters. The second kappa shape index (κ2) is 13.7. The molecule has 0 heterocycles. The monoisotopic (exact) mass is 649 g/mol. The molecular formula is C31H34Cl3N3O4S. The average molecular weight is 651 g/mol. The fourth-order valence-corrected chi connectivity index (χ4v) is 6.96. The number of carbonyl (C=O) groups is 2. The highest BCUT2D eigenvalue weighted by atomic mass is 35.5. The number of halogens is 3. The van der Waals surface area contributed by atoms with Gasteiger partial charge in [-0.15, -0.1) is 0 Å². The number of nitrogens with one attached hydrogen (secondary N) is 1. The average Bonchev–Trinajstić information content (AvgIpc) is 3.45. The number of anilines is 1. The molecule has 42 heavy (non-hydrogen) atoms. The van der Waals surface area contributed by atoms with Gasteiger partial charge in [0.05, 0.1) is 10.6 Å². The lowest BCUT2D eigenvalue weighted by Crippen LogP contribution is -2.52. The van der Waals surface area contributed by atoms with Crippen LogP contribution in [0.1, 0.15) is 49.3 Å². The molecule has 0 unspecified atom stereocenters. The first kappa shape index (κ1) is 32.1. The van der Waals surface area contributed by atoms with Gasteiger partial charge in [-0.05, 0) is 81.1 Å². The first-order valence-electron chi connectivity index (χ1n) is 13.8. The molecule has 2 amide bonds. The van der Waals surface area contributed by atoms with Gasteiger partial charge in [0.15, 0.2) is 0 Å². The summed E-state index contributed by atoms with van der Waals surface area (Å²) in [5.41, 5.74) is 2.45. The van der Waals surface area contributed by atoms with Crippen LogP contribution < -0.4 is 9.62 Å². The second-order valence-electron chi connectivity index (χ2n) is 10.7. The Bertz CT molecular complexity index is 1560. The third kappa shape index (κ3) is 7.59. The van der Waals surface area contributed by atoms with E-state index in [-0.39, 0.29) is 29.1 Å². The summed E-state index contributed by atoms with van der Waals surface area (Å²) in [6.45, 7) is 4.70. The molecule has 0 aliphatic heterocycles. The van der Waals surface area contributed by atoms with Gasteiger partial charge in [-0.25, -0.2) is 8.42 Å². The van der Waals surface area contributed by atoms with Crippen molar-refractivity contribution in [2.75, 3.05) is 10.8 Å². The van der Waals surface area contributed by atoms with Crippen molar-refractivity contribution in [2.45, 2.75) is 70.0 Å². The van der Waals surface area contributed by atoms with E-state index in [2.05, 4.69) is 5.32 Å². The van der Waals surface area contributed by atoms with Crippen molar-refractivity contribution in [2.24, 2.45) is 0 Å². The zero-order valence-corrected chi connectivity index (χ0v) is 26.8. The predicted molar refractivity (Wildman–Crippen MR) is 169 cm³/mol. The summed E-state index contributed by atoms with van der Waals surface area (Å²) in [5, 5.41) is 4.17. The Morgan fingerprint density at radius 2 is 1.60 bits per heavy atom. The minimum atomic E-state index is -4.20. The number of nitrogens with zero attached hydrogens (tertiary/aromatic N) is 2. The molecule has 1 N–H and O–H groups in total. The summed E-state index contributed by atoms with van der Waals surface area (Å²) in [6, 6.07) is 15.3. The number of sulfonamides is 1. The van der Waals surface area contributed by atoms with Crippen molar-refractivity contribution in [3.05, 3.63) is 92.4 Å². The van der Waals surface area contributed by atoms with Gasteiger partial charge in [0.1, 0.15) is 12.6 Å². The summed E-state index contributed by atoms with van der Waals surface area (Å²) in [5.74, 6) is -0.894. The Labute approximate surface area is 262 Å². The predicted octanol–water partition coefficient (Wildman–Crippen LogP) is 6.94. The molecule has 0 bridgehead atoms. The number of hydrogen-bond donors (Lipinski definition) is 1. The molecule has 224 valence electrons. The van der Waals surface area contributed by atoms with E-state index in [1.54, 1.807) is 56.3 Å². The van der Waals surface area contributed by atoms with Crippen LogP contribution in [0.25, 0.3) is 0 Å². The molecule has 1 fully saturated rings. The van der Waals surface area contributed by atoms with Crippen molar-refractivity contribution < 1.29 is 18.0 Å². The zero-order chi connectivity index (χ0) is 30.6. The number of hydrogen-bond acceptors (Lipinski definition) is 4. The summed E-state index contributed by atoms with van der Waals surface area (Å²) in [6.07, 6.45) is 3.83. The van der Waals surface area contributed by atoms with E-state index in [9.17, 15) is 18.0 Å². The molecule has 0 spiro atoms. The Kier molecular flexibility index (Phi) is 10.5. The molecule has 11 heteroatoms. The highest BCUT2D eigenvalue weighted by Crippen LogP contribution is 2.29. The van der Waals surface area contributed by atoms with Gasteiger partial charge >= 0.3 is 0 Å². The summed E-state index contributed by atoms with van der Waals surface area (Å²) in [4.78, 5) is 28.8. The van der Waals surface area contributed by atoms with Crippen molar-refractivity contribution in [3.63, 3.8) is 0 Å². The summed E-state index contributed by atoms with van der Waals surface area (Å²) >= 11 is 18.9. The van der Waals surface area contributed by atoms with Crippen molar-refractivity contribution in [1.29, 1.82) is 0 Å². The standard InChI is InChI=1S/C31H34Cl3N3O4S/c1-20-8-14-27(15-9-20)42(40,41)37(26-13-10-21(2)28(33)17-26)19-30(38)36(18-23-11-12-24(32)16-29(23)34)22(3)31(39)35-25-6-4-5-7-25/h8-17,22,25H,4-7,18-19H2,1-3H3,(H,35,39)/t22-/m0/s1. The first-order valence-corrected chi connectivity index (χ1v) is 16.3. The maximum atomic E-state index is 14.1. The molecular weight excluding hydrogens is 617 g/mol. The van der Waals surface area contributed by atoms with E-state index in [1.165, 1.54) is 23.1 Å². The largest absolute Gasteiger partial charge is 0.352 e. The normalized spacial score (nSPS) is 14.4. The number of amides is 2. The number of carbonyl (C=O) groups excluding carboxylic acids is 2. The van der Waals surface area contributed by atoms with Crippen LogP contribution in [-0.2, 0) is 26.2 Å². The fraction of sp³-hybridized carbons (Fsp3) is 0.355. The highest BCUT2D eigenvalue weighted by Gasteiger charge is 2.33. The van der Waals surface area contributed by atoms with Gasteiger partial charge in [-0.3, -0.25) is 13.9 Å². The second-order valence-corrected chi connectivity index (χ2v) is 13.8. The molecule has 0 saturated heterocycles. The highest BCUT2D eigenvalue weighted by molar-refractivity contribution is 7.92. The SMILES string of the molecule is Cc1ccc(S(=O)(=O)N(CC(=O)N(Cc2ccc(Cl)cc2Cl)[C@@H](C)C(=O)NC2CCCC2)c2ccc(C)c(Cl)c2)cc1. The molecule has 3 aromatic carbocycles. The molecule has 1 aliphatic carbocycles. The van der Waals surface area contributed by atoms with E-state index in [4.69, 9.17) is 34.8 Å². The van der Waals surface area contributed by atoms with Gasteiger partial charge in [-0.1, -0.05) is 77.5 Å². The lowest BCUT2D eigenvalue weighted by molar-refractivity contribution is -0.139. The van der Waals surface area contributed by atoms with E-state index in [0.717, 1.165) is 41.1 Å². The lowest BCUT2D eigenvalue weighted by Gasteiger charge is -2.32. The first-order chi connectivity index (χ1) is 19.9. The van der Waals surface area contributed by atoms with Gasteiger partial charge in [0.2, 0.25) is 11.8 Å². The van der Waals surface area contributed by atoms with E-state index in [0.29, 0.717) is 20.6 Å². The lowest BCUT2D eigenvalue weighted by atomic mass is 10.1. The van der Waals surface area contributed by atoms with E-state index >= 15 is 0 Å². The molecule has 1 saturated carbocycles. The van der Waals surface area contributed by atoms with Gasteiger partial charge in [-0.2, -0.15) is 0 Å². The van der Waals surface area contributed by atoms with Gasteiger partial charge < -0.3 is 10.2 Å². The number of rotatable bonds is 10. The van der Waals surface area contributed by atoms with Gasteiger partial charge in [0.25, 0.3) is 10.0 Å². The summed E-state index contributed by atoms with van der Waals surface area (Å²) < 4.78 is 29.0. The maximum absolute atomic E-state index is 14.1. The minimum Gasteiger partial charge on any atom is -0.352 e. The van der Waals surface area contributed by atoms with Crippen LogP contribution >= 0.6 is 34.8 Å². The van der Waals surface area contributed by atoms with Gasteiger partial charge in [0, 0.05) is 27.7 Å². The molecule has 3 aromatic rings. The summed E-state index contributed by atoms with van der Waals surface area (Å²) in [7, 11) is -4.20. The third-order valence-corrected chi connectivity index (χ3v) is 10.3. The smallest absolute Gasteiger partial charge is 0.264 e. The quantitative estimate of drug-likeness (QED) is 0.258.